The molecule has 0 spiro atoms. The van der Waals surface area contributed by atoms with Crippen LogP contribution in [-0.2, 0) is 0 Å². The molecule has 21 heavy (non-hydrogen) atoms. The first-order valence-electron chi connectivity index (χ1n) is 7.68. The molecule has 0 saturated carbocycles. The second kappa shape index (κ2) is 7.28. The summed E-state index contributed by atoms with van der Waals surface area (Å²) in [6.07, 6.45) is 3.62. The molecule has 112 valence electrons. The second-order valence-electron chi connectivity index (χ2n) is 5.53. The van der Waals surface area contributed by atoms with Crippen molar-refractivity contribution < 1.29 is 9.90 Å². The number of hydrogen-bond donors (Lipinski definition) is 1. The van der Waals surface area contributed by atoms with Gasteiger partial charge in [0.2, 0.25) is 0 Å². The quantitative estimate of drug-likeness (QED) is 0.868. The minimum Gasteiger partial charge on any atom is -0.395 e. The van der Waals surface area contributed by atoms with Crippen molar-refractivity contribution >= 4 is 5.91 Å². The standard InChI is InChI=1S/C18H23NO2/c1-3-16-8-6-11-19(16)18(21)17-13-14(2)9-10-15(17)7-4-5-12-20/h9-10,13,16,20H,3,5-6,8,11-12H2,1-2H3. The molecule has 1 amide bonds. The summed E-state index contributed by atoms with van der Waals surface area (Å²) in [5.74, 6) is 6.03. The zero-order valence-corrected chi connectivity index (χ0v) is 12.9. The lowest BCUT2D eigenvalue weighted by atomic mass is 10.0. The summed E-state index contributed by atoms with van der Waals surface area (Å²) in [4.78, 5) is 14.8. The van der Waals surface area contributed by atoms with Gasteiger partial charge in [-0.3, -0.25) is 4.79 Å². The molecule has 1 aromatic rings. The van der Waals surface area contributed by atoms with Gasteiger partial charge in [-0.25, -0.2) is 0 Å². The molecule has 3 heteroatoms. The maximum atomic E-state index is 12.8. The van der Waals surface area contributed by atoms with Crippen molar-refractivity contribution in [1.29, 1.82) is 0 Å². The number of likely N-dealkylation sites (tertiary alicyclic amines) is 1. The lowest BCUT2D eigenvalue weighted by Gasteiger charge is -2.24. The molecular formula is C18H23NO2. The Bertz CT molecular complexity index is 568. The summed E-state index contributed by atoms with van der Waals surface area (Å²) in [5.41, 5.74) is 2.53. The number of hydrogen-bond acceptors (Lipinski definition) is 2. The van der Waals surface area contributed by atoms with Crippen LogP contribution in [0.25, 0.3) is 0 Å². The van der Waals surface area contributed by atoms with Crippen LogP contribution in [0.1, 0.15) is 54.1 Å². The van der Waals surface area contributed by atoms with Crippen LogP contribution in [0.2, 0.25) is 0 Å². The van der Waals surface area contributed by atoms with Gasteiger partial charge in [-0.15, -0.1) is 0 Å². The van der Waals surface area contributed by atoms with Gasteiger partial charge < -0.3 is 10.0 Å². The largest absolute Gasteiger partial charge is 0.395 e. The van der Waals surface area contributed by atoms with Gasteiger partial charge in [-0.05, 0) is 38.3 Å². The van der Waals surface area contributed by atoms with E-state index in [-0.39, 0.29) is 12.5 Å². The number of aliphatic hydroxyl groups excluding tert-OH is 1. The number of carbonyl (C=O) groups excluding carboxylic acids is 1. The SMILES string of the molecule is CCC1CCCN1C(=O)c1cc(C)ccc1C#CCCO. The maximum absolute atomic E-state index is 12.8. The van der Waals surface area contributed by atoms with E-state index in [9.17, 15) is 4.79 Å². The van der Waals surface area contributed by atoms with Gasteiger partial charge in [0.1, 0.15) is 0 Å². The fourth-order valence-corrected chi connectivity index (χ4v) is 2.84. The topological polar surface area (TPSA) is 40.5 Å². The van der Waals surface area contributed by atoms with Crippen molar-refractivity contribution in [1.82, 2.24) is 4.90 Å². The van der Waals surface area contributed by atoms with Crippen LogP contribution in [0.15, 0.2) is 18.2 Å². The Morgan fingerprint density at radius 3 is 3.00 bits per heavy atom. The monoisotopic (exact) mass is 285 g/mol. The molecule has 0 bridgehead atoms. The van der Waals surface area contributed by atoms with Crippen LogP contribution < -0.4 is 0 Å². The van der Waals surface area contributed by atoms with Crippen LogP contribution in [-0.4, -0.2) is 35.1 Å². The summed E-state index contributed by atoms with van der Waals surface area (Å²) in [7, 11) is 0. The van der Waals surface area contributed by atoms with Crippen LogP contribution in [0.3, 0.4) is 0 Å². The number of nitrogens with zero attached hydrogens (tertiary/aromatic N) is 1. The van der Waals surface area contributed by atoms with E-state index in [1.165, 1.54) is 0 Å². The van der Waals surface area contributed by atoms with Gasteiger partial charge in [-0.1, -0.05) is 30.4 Å². The maximum Gasteiger partial charge on any atom is 0.255 e. The predicted octanol–water partition coefficient (Wildman–Crippen LogP) is 2.74. The molecule has 1 N–H and O–H groups in total. The van der Waals surface area contributed by atoms with Crippen molar-refractivity contribution in [2.45, 2.75) is 45.6 Å². The molecule has 0 aromatic heterocycles. The van der Waals surface area contributed by atoms with E-state index in [0.717, 1.165) is 36.9 Å². The van der Waals surface area contributed by atoms with Crippen molar-refractivity contribution in [3.63, 3.8) is 0 Å². The Hall–Kier alpha value is -1.79. The van der Waals surface area contributed by atoms with E-state index in [4.69, 9.17) is 5.11 Å². The minimum absolute atomic E-state index is 0.0478. The summed E-state index contributed by atoms with van der Waals surface area (Å²) in [6, 6.07) is 6.16. The molecule has 1 aromatic carbocycles. The van der Waals surface area contributed by atoms with E-state index in [1.54, 1.807) is 0 Å². The minimum atomic E-state index is 0.0478. The van der Waals surface area contributed by atoms with E-state index < -0.39 is 0 Å². The number of benzene rings is 1. The molecular weight excluding hydrogens is 262 g/mol. The Morgan fingerprint density at radius 2 is 2.29 bits per heavy atom. The fourth-order valence-electron chi connectivity index (χ4n) is 2.84. The summed E-state index contributed by atoms with van der Waals surface area (Å²) < 4.78 is 0. The number of carbonyl (C=O) groups is 1. The third-order valence-electron chi connectivity index (χ3n) is 3.97. The first-order chi connectivity index (χ1) is 10.2. The predicted molar refractivity (Wildman–Crippen MR) is 84.1 cm³/mol. The highest BCUT2D eigenvalue weighted by Crippen LogP contribution is 2.24. The van der Waals surface area contributed by atoms with Crippen molar-refractivity contribution in [2.75, 3.05) is 13.2 Å². The van der Waals surface area contributed by atoms with E-state index in [0.29, 0.717) is 18.0 Å². The molecule has 0 radical (unpaired) electrons. The van der Waals surface area contributed by atoms with E-state index in [2.05, 4.69) is 18.8 Å². The first-order valence-corrected chi connectivity index (χ1v) is 7.68. The van der Waals surface area contributed by atoms with E-state index in [1.807, 2.05) is 30.0 Å². The van der Waals surface area contributed by atoms with Gasteiger partial charge in [-0.2, -0.15) is 0 Å². The normalized spacial score (nSPS) is 17.5. The zero-order valence-electron chi connectivity index (χ0n) is 12.9. The van der Waals surface area contributed by atoms with Gasteiger partial charge >= 0.3 is 0 Å². The van der Waals surface area contributed by atoms with Crippen LogP contribution >= 0.6 is 0 Å². The van der Waals surface area contributed by atoms with Gasteiger partial charge in [0.25, 0.3) is 5.91 Å². The molecule has 0 aliphatic carbocycles. The van der Waals surface area contributed by atoms with Gasteiger partial charge in [0, 0.05) is 24.6 Å². The van der Waals surface area contributed by atoms with Crippen molar-refractivity contribution in [3.8, 4) is 11.8 Å². The van der Waals surface area contributed by atoms with Crippen LogP contribution in [0.5, 0.6) is 0 Å². The van der Waals surface area contributed by atoms with Crippen LogP contribution in [0.4, 0.5) is 0 Å². The highest BCUT2D eigenvalue weighted by molar-refractivity contribution is 5.97. The zero-order chi connectivity index (χ0) is 15.2. The highest BCUT2D eigenvalue weighted by Gasteiger charge is 2.29. The number of aliphatic hydroxyl groups is 1. The van der Waals surface area contributed by atoms with E-state index >= 15 is 0 Å². The molecule has 1 atom stereocenters. The molecule has 1 unspecified atom stereocenters. The molecule has 1 aliphatic heterocycles. The molecule has 2 rings (SSSR count). The third-order valence-corrected chi connectivity index (χ3v) is 3.97. The highest BCUT2D eigenvalue weighted by atomic mass is 16.2. The van der Waals surface area contributed by atoms with Gasteiger partial charge in [0.15, 0.2) is 0 Å². The van der Waals surface area contributed by atoms with Crippen molar-refractivity contribution in [3.05, 3.63) is 34.9 Å². The number of rotatable bonds is 3. The molecule has 1 heterocycles. The van der Waals surface area contributed by atoms with Gasteiger partial charge in [0.05, 0.1) is 12.2 Å². The lowest BCUT2D eigenvalue weighted by Crippen LogP contribution is -2.35. The number of aryl methyl sites for hydroxylation is 1. The van der Waals surface area contributed by atoms with Crippen molar-refractivity contribution in [2.24, 2.45) is 0 Å². The molecule has 3 nitrogen and oxygen atoms in total. The third kappa shape index (κ3) is 3.65. The first kappa shape index (κ1) is 15.6. The smallest absolute Gasteiger partial charge is 0.255 e. The lowest BCUT2D eigenvalue weighted by molar-refractivity contribution is 0.0733. The Labute approximate surface area is 127 Å². The Kier molecular flexibility index (Phi) is 5.41. The second-order valence-corrected chi connectivity index (χ2v) is 5.53. The Balaban J connectivity index is 2.31. The summed E-state index contributed by atoms with van der Waals surface area (Å²) >= 11 is 0. The number of amides is 1. The van der Waals surface area contributed by atoms with Crippen LogP contribution in [0, 0.1) is 18.8 Å². The Morgan fingerprint density at radius 1 is 1.48 bits per heavy atom. The fraction of sp³-hybridized carbons (Fsp3) is 0.500. The summed E-state index contributed by atoms with van der Waals surface area (Å²) in [5, 5.41) is 8.83. The average Bonchev–Trinajstić information content (AvgIpc) is 2.96. The molecule has 1 saturated heterocycles. The molecule has 1 aliphatic rings. The average molecular weight is 285 g/mol. The summed E-state index contributed by atoms with van der Waals surface area (Å²) in [6.45, 7) is 5.01. The molecule has 1 fully saturated rings.